The lowest BCUT2D eigenvalue weighted by molar-refractivity contribution is 0.318. The van der Waals surface area contributed by atoms with Gasteiger partial charge in [0.25, 0.3) is 0 Å². The maximum atomic E-state index is 8.76. The summed E-state index contributed by atoms with van der Waals surface area (Å²) in [5, 5.41) is 13.2. The van der Waals surface area contributed by atoms with Crippen LogP contribution in [0.2, 0.25) is 5.02 Å². The Hall–Kier alpha value is -1.66. The quantitative estimate of drug-likeness (QED) is 0.392. The molecule has 7 heteroatoms. The highest BCUT2D eigenvalue weighted by molar-refractivity contribution is 7.99. The van der Waals surface area contributed by atoms with Gasteiger partial charge in [0.1, 0.15) is 0 Å². The molecule has 0 atom stereocenters. The Balaban J connectivity index is 2.43. The zero-order chi connectivity index (χ0) is 13.1. The van der Waals surface area contributed by atoms with E-state index < -0.39 is 0 Å². The molecule has 3 N–H and O–H groups in total. The summed E-state index contributed by atoms with van der Waals surface area (Å²) < 4.78 is 1.88. The number of amidine groups is 1. The van der Waals surface area contributed by atoms with Crippen LogP contribution < -0.4 is 5.73 Å². The van der Waals surface area contributed by atoms with Gasteiger partial charge in [0.15, 0.2) is 11.0 Å². The van der Waals surface area contributed by atoms with Gasteiger partial charge in [-0.2, -0.15) is 0 Å². The van der Waals surface area contributed by atoms with Crippen molar-refractivity contribution in [1.29, 1.82) is 0 Å². The van der Waals surface area contributed by atoms with Gasteiger partial charge in [0.05, 0.1) is 0 Å². The molecule has 1 aromatic carbocycles. The number of hydrogen-bond donors (Lipinski definition) is 2. The number of nitrogens with two attached hydrogens (primary N) is 1. The Bertz CT molecular complexity index is 596. The van der Waals surface area contributed by atoms with Crippen LogP contribution in [0.5, 0.6) is 0 Å². The summed E-state index contributed by atoms with van der Waals surface area (Å²) in [6.07, 6.45) is 3.55. The molecule has 0 saturated heterocycles. The van der Waals surface area contributed by atoms with E-state index in [9.17, 15) is 0 Å². The van der Waals surface area contributed by atoms with E-state index in [1.165, 1.54) is 11.8 Å². The van der Waals surface area contributed by atoms with Crippen LogP contribution in [-0.2, 0) is 7.05 Å². The summed E-state index contributed by atoms with van der Waals surface area (Å²) in [6.45, 7) is 0. The van der Waals surface area contributed by atoms with Crippen LogP contribution in [-0.4, -0.2) is 20.6 Å². The molecule has 0 aliphatic heterocycles. The van der Waals surface area contributed by atoms with E-state index in [1.54, 1.807) is 24.4 Å². The van der Waals surface area contributed by atoms with Gasteiger partial charge < -0.3 is 15.5 Å². The third kappa shape index (κ3) is 2.60. The second-order valence-corrected chi connectivity index (χ2v) is 4.99. The fourth-order valence-corrected chi connectivity index (χ4v) is 2.62. The van der Waals surface area contributed by atoms with Crippen LogP contribution in [0.1, 0.15) is 5.56 Å². The first kappa shape index (κ1) is 12.8. The molecule has 0 spiro atoms. The Morgan fingerprint density at radius 3 is 2.94 bits per heavy atom. The average molecular weight is 283 g/mol. The molecule has 0 aliphatic rings. The number of nitrogens with zero attached hydrogens (tertiary/aromatic N) is 3. The molecule has 0 amide bonds. The van der Waals surface area contributed by atoms with Gasteiger partial charge in [-0.3, -0.25) is 0 Å². The van der Waals surface area contributed by atoms with Crippen molar-refractivity contribution < 1.29 is 5.21 Å². The van der Waals surface area contributed by atoms with Crippen LogP contribution in [0.4, 0.5) is 0 Å². The first-order valence-electron chi connectivity index (χ1n) is 5.04. The summed E-state index contributed by atoms with van der Waals surface area (Å²) in [7, 11) is 1.89. The lowest BCUT2D eigenvalue weighted by Gasteiger charge is -2.08. The zero-order valence-corrected chi connectivity index (χ0v) is 11.1. The summed E-state index contributed by atoms with van der Waals surface area (Å²) in [4.78, 5) is 4.99. The number of aromatic nitrogens is 2. The monoisotopic (exact) mass is 282 g/mol. The van der Waals surface area contributed by atoms with E-state index in [-0.39, 0.29) is 5.84 Å². The lowest BCUT2D eigenvalue weighted by Crippen LogP contribution is -2.14. The van der Waals surface area contributed by atoms with Crippen LogP contribution in [0.15, 0.2) is 45.8 Å². The number of imidazole rings is 1. The molecule has 0 radical (unpaired) electrons. The third-order valence-corrected chi connectivity index (χ3v) is 3.67. The first-order valence-corrected chi connectivity index (χ1v) is 6.24. The molecular weight excluding hydrogens is 272 g/mol. The fraction of sp³-hybridized carbons (Fsp3) is 0.0909. The second-order valence-electron chi connectivity index (χ2n) is 3.55. The minimum Gasteiger partial charge on any atom is -0.409 e. The highest BCUT2D eigenvalue weighted by Gasteiger charge is 2.11. The minimum absolute atomic E-state index is 0.0448. The Labute approximate surface area is 113 Å². The van der Waals surface area contributed by atoms with E-state index in [2.05, 4.69) is 10.1 Å². The molecule has 5 nitrogen and oxygen atoms in total. The molecule has 0 unspecified atom stereocenters. The van der Waals surface area contributed by atoms with E-state index in [0.717, 1.165) is 10.1 Å². The van der Waals surface area contributed by atoms with Gasteiger partial charge in [0, 0.05) is 34.9 Å². The van der Waals surface area contributed by atoms with Crippen molar-refractivity contribution in [3.05, 3.63) is 41.2 Å². The molecule has 0 fully saturated rings. The largest absolute Gasteiger partial charge is 0.409 e. The van der Waals surface area contributed by atoms with Crippen molar-refractivity contribution in [3.8, 4) is 0 Å². The van der Waals surface area contributed by atoms with Gasteiger partial charge in [-0.25, -0.2) is 4.98 Å². The van der Waals surface area contributed by atoms with E-state index >= 15 is 0 Å². The molecule has 0 saturated carbocycles. The average Bonchev–Trinajstić information content (AvgIpc) is 2.74. The molecule has 2 aromatic rings. The van der Waals surface area contributed by atoms with Crippen molar-refractivity contribution >= 4 is 29.2 Å². The maximum absolute atomic E-state index is 8.76. The molecule has 2 rings (SSSR count). The van der Waals surface area contributed by atoms with Crippen molar-refractivity contribution in [3.63, 3.8) is 0 Å². The van der Waals surface area contributed by atoms with Gasteiger partial charge in [-0.15, -0.1) is 0 Å². The number of halogens is 1. The molecule has 94 valence electrons. The van der Waals surface area contributed by atoms with Gasteiger partial charge in [-0.1, -0.05) is 28.5 Å². The Kier molecular flexibility index (Phi) is 3.78. The summed E-state index contributed by atoms with van der Waals surface area (Å²) >= 11 is 7.36. The summed E-state index contributed by atoms with van der Waals surface area (Å²) in [5.41, 5.74) is 6.25. The molecular formula is C11H11ClN4OS. The predicted octanol–water partition coefficient (Wildman–Crippen LogP) is 2.32. The van der Waals surface area contributed by atoms with E-state index in [1.807, 2.05) is 17.8 Å². The lowest BCUT2D eigenvalue weighted by atomic mass is 10.2. The Morgan fingerprint density at radius 2 is 2.33 bits per heavy atom. The van der Waals surface area contributed by atoms with Gasteiger partial charge in [-0.05, 0) is 18.2 Å². The molecule has 0 aliphatic carbocycles. The van der Waals surface area contributed by atoms with E-state index in [0.29, 0.717) is 10.6 Å². The minimum atomic E-state index is 0.0448. The van der Waals surface area contributed by atoms with Crippen molar-refractivity contribution in [2.45, 2.75) is 10.1 Å². The number of hydrogen-bond acceptors (Lipinski definition) is 4. The van der Waals surface area contributed by atoms with Crippen molar-refractivity contribution in [1.82, 2.24) is 9.55 Å². The topological polar surface area (TPSA) is 76.4 Å². The number of aryl methyl sites for hydroxylation is 1. The summed E-state index contributed by atoms with van der Waals surface area (Å²) in [5.74, 6) is 0.0448. The standard InChI is InChI=1S/C11H11ClN4OS/c1-16-5-4-14-11(16)18-9-6-7(12)2-3-8(9)10(13)15-17/h2-6,17H,1H3,(H2,13,15). The normalized spacial score (nSPS) is 11.8. The van der Waals surface area contributed by atoms with E-state index in [4.69, 9.17) is 22.5 Å². The number of oxime groups is 1. The maximum Gasteiger partial charge on any atom is 0.172 e. The number of benzene rings is 1. The summed E-state index contributed by atoms with van der Waals surface area (Å²) in [6, 6.07) is 5.16. The Morgan fingerprint density at radius 1 is 1.56 bits per heavy atom. The van der Waals surface area contributed by atoms with Crippen LogP contribution in [0.3, 0.4) is 0 Å². The fourth-order valence-electron chi connectivity index (χ4n) is 1.39. The second kappa shape index (κ2) is 5.32. The molecule has 1 aromatic heterocycles. The SMILES string of the molecule is Cn1ccnc1Sc1cc(Cl)ccc1C(N)=NO. The molecule has 1 heterocycles. The van der Waals surface area contributed by atoms with Crippen molar-refractivity contribution in [2.24, 2.45) is 17.9 Å². The van der Waals surface area contributed by atoms with Crippen LogP contribution in [0.25, 0.3) is 0 Å². The van der Waals surface area contributed by atoms with Crippen LogP contribution >= 0.6 is 23.4 Å². The highest BCUT2D eigenvalue weighted by Crippen LogP contribution is 2.31. The zero-order valence-electron chi connectivity index (χ0n) is 9.54. The highest BCUT2D eigenvalue weighted by atomic mass is 35.5. The van der Waals surface area contributed by atoms with Gasteiger partial charge in [0.2, 0.25) is 0 Å². The number of rotatable bonds is 3. The van der Waals surface area contributed by atoms with Crippen LogP contribution in [0, 0.1) is 0 Å². The van der Waals surface area contributed by atoms with Crippen molar-refractivity contribution in [2.75, 3.05) is 0 Å². The molecule has 0 bridgehead atoms. The molecule has 18 heavy (non-hydrogen) atoms. The third-order valence-electron chi connectivity index (χ3n) is 2.31. The first-order chi connectivity index (χ1) is 8.61. The predicted molar refractivity (Wildman–Crippen MR) is 71.3 cm³/mol. The smallest absolute Gasteiger partial charge is 0.172 e. The van der Waals surface area contributed by atoms with Gasteiger partial charge >= 0.3 is 0 Å².